The van der Waals surface area contributed by atoms with Gasteiger partial charge in [0.25, 0.3) is 5.91 Å². The summed E-state index contributed by atoms with van der Waals surface area (Å²) in [5.74, 6) is 0.0987. The Morgan fingerprint density at radius 2 is 2.00 bits per heavy atom. The lowest BCUT2D eigenvalue weighted by atomic mass is 10.0. The number of aryl methyl sites for hydroxylation is 1. The lowest BCUT2D eigenvalue weighted by Crippen LogP contribution is -2.42. The lowest BCUT2D eigenvalue weighted by Gasteiger charge is -2.29. The third kappa shape index (κ3) is 3.38. The van der Waals surface area contributed by atoms with Gasteiger partial charge in [-0.3, -0.25) is 4.79 Å². The number of fused-ring (bicyclic) bond motifs is 1. The number of likely N-dealkylation sites (tertiary alicyclic amines) is 2. The maximum absolute atomic E-state index is 13.3. The second kappa shape index (κ2) is 6.93. The summed E-state index contributed by atoms with van der Waals surface area (Å²) < 4.78 is 0. The van der Waals surface area contributed by atoms with E-state index in [-0.39, 0.29) is 5.91 Å². The van der Waals surface area contributed by atoms with Crippen molar-refractivity contribution in [3.05, 3.63) is 40.5 Å². The Bertz CT molecular complexity index is 801. The number of hydrogen-bond acceptors (Lipinski definition) is 3. The van der Waals surface area contributed by atoms with E-state index in [1.54, 1.807) is 6.07 Å². The predicted molar refractivity (Wildman–Crippen MR) is 101 cm³/mol. The van der Waals surface area contributed by atoms with Crippen LogP contribution in [0.25, 0.3) is 10.9 Å². The maximum atomic E-state index is 13.3. The molecule has 0 spiro atoms. The van der Waals surface area contributed by atoms with Crippen molar-refractivity contribution in [2.75, 3.05) is 26.2 Å². The van der Waals surface area contributed by atoms with Crippen molar-refractivity contribution in [3.63, 3.8) is 0 Å². The van der Waals surface area contributed by atoms with Crippen LogP contribution in [0.3, 0.4) is 0 Å². The third-order valence-corrected chi connectivity index (χ3v) is 5.66. The molecule has 2 fully saturated rings. The Morgan fingerprint density at radius 3 is 2.80 bits per heavy atom. The topological polar surface area (TPSA) is 36.4 Å². The Balaban J connectivity index is 1.65. The van der Waals surface area contributed by atoms with Gasteiger partial charge in [-0.2, -0.15) is 0 Å². The molecule has 1 amide bonds. The molecule has 0 saturated carbocycles. The van der Waals surface area contributed by atoms with Crippen LogP contribution in [0.4, 0.5) is 0 Å². The number of amides is 1. The summed E-state index contributed by atoms with van der Waals surface area (Å²) in [6.45, 7) is 6.21. The standard InChI is InChI=1S/C20H24ClN3O/c1-14-6-7-18-16(11-14)17(12-19(21)22-18)20(25)24-10-4-5-15(24)13-23-8-2-3-9-23/h6-7,11-12,15H,2-5,8-10,13H2,1H3/t15-/m0/s1. The highest BCUT2D eigenvalue weighted by molar-refractivity contribution is 6.30. The summed E-state index contributed by atoms with van der Waals surface area (Å²) in [6.07, 6.45) is 4.74. The van der Waals surface area contributed by atoms with E-state index in [4.69, 9.17) is 11.6 Å². The van der Waals surface area contributed by atoms with E-state index < -0.39 is 0 Å². The minimum atomic E-state index is 0.0987. The molecule has 1 aromatic carbocycles. The molecule has 1 atom stereocenters. The van der Waals surface area contributed by atoms with Gasteiger partial charge >= 0.3 is 0 Å². The summed E-state index contributed by atoms with van der Waals surface area (Å²) in [6, 6.07) is 8.04. The first-order valence-corrected chi connectivity index (χ1v) is 9.60. The first kappa shape index (κ1) is 16.8. The van der Waals surface area contributed by atoms with Crippen LogP contribution >= 0.6 is 11.6 Å². The smallest absolute Gasteiger partial charge is 0.254 e. The maximum Gasteiger partial charge on any atom is 0.254 e. The van der Waals surface area contributed by atoms with Gasteiger partial charge in [-0.15, -0.1) is 0 Å². The van der Waals surface area contributed by atoms with Crippen molar-refractivity contribution in [3.8, 4) is 0 Å². The van der Waals surface area contributed by atoms with Crippen molar-refractivity contribution in [1.82, 2.24) is 14.8 Å². The molecule has 0 bridgehead atoms. The average molecular weight is 358 g/mol. The largest absolute Gasteiger partial charge is 0.334 e. The van der Waals surface area contributed by atoms with Crippen molar-refractivity contribution in [2.24, 2.45) is 0 Å². The van der Waals surface area contributed by atoms with Gasteiger partial charge in [0.05, 0.1) is 11.1 Å². The summed E-state index contributed by atoms with van der Waals surface area (Å²) in [5, 5.41) is 1.29. The molecular weight excluding hydrogens is 334 g/mol. The van der Waals surface area contributed by atoms with Crippen LogP contribution in [0.15, 0.2) is 24.3 Å². The van der Waals surface area contributed by atoms with E-state index in [0.717, 1.165) is 42.4 Å². The molecule has 4 rings (SSSR count). The molecular formula is C20H24ClN3O. The lowest BCUT2D eigenvalue weighted by molar-refractivity contribution is 0.0710. The molecule has 4 nitrogen and oxygen atoms in total. The molecule has 3 heterocycles. The number of carbonyl (C=O) groups is 1. The number of nitrogens with zero attached hydrogens (tertiary/aromatic N) is 3. The molecule has 0 aliphatic carbocycles. The average Bonchev–Trinajstić information content (AvgIpc) is 3.26. The second-order valence-corrected chi connectivity index (χ2v) is 7.70. The van der Waals surface area contributed by atoms with Gasteiger partial charge in [0, 0.05) is 24.5 Å². The van der Waals surface area contributed by atoms with Gasteiger partial charge in [0.2, 0.25) is 0 Å². The van der Waals surface area contributed by atoms with Crippen molar-refractivity contribution in [1.29, 1.82) is 0 Å². The molecule has 2 saturated heterocycles. The number of hydrogen-bond donors (Lipinski definition) is 0. The number of carbonyl (C=O) groups excluding carboxylic acids is 1. The number of benzene rings is 1. The van der Waals surface area contributed by atoms with E-state index in [2.05, 4.69) is 14.8 Å². The molecule has 5 heteroatoms. The van der Waals surface area contributed by atoms with Crippen LogP contribution in [-0.2, 0) is 0 Å². The number of rotatable bonds is 3. The highest BCUT2D eigenvalue weighted by atomic mass is 35.5. The van der Waals surface area contributed by atoms with E-state index in [0.29, 0.717) is 16.8 Å². The summed E-state index contributed by atoms with van der Waals surface area (Å²) >= 11 is 6.20. The predicted octanol–water partition coefficient (Wildman–Crippen LogP) is 3.90. The van der Waals surface area contributed by atoms with E-state index in [1.165, 1.54) is 25.9 Å². The monoisotopic (exact) mass is 357 g/mol. The van der Waals surface area contributed by atoms with E-state index >= 15 is 0 Å². The quantitative estimate of drug-likeness (QED) is 0.782. The molecule has 2 aromatic rings. The third-order valence-electron chi connectivity index (χ3n) is 5.47. The van der Waals surface area contributed by atoms with Crippen LogP contribution in [0, 0.1) is 6.92 Å². The Kier molecular flexibility index (Phi) is 4.65. The first-order valence-electron chi connectivity index (χ1n) is 9.22. The molecule has 0 radical (unpaired) electrons. The van der Waals surface area contributed by atoms with Gasteiger partial charge in [-0.1, -0.05) is 23.2 Å². The van der Waals surface area contributed by atoms with E-state index in [9.17, 15) is 4.79 Å². The van der Waals surface area contributed by atoms with Gasteiger partial charge in [0.15, 0.2) is 0 Å². The van der Waals surface area contributed by atoms with E-state index in [1.807, 2.05) is 25.1 Å². The zero-order valence-corrected chi connectivity index (χ0v) is 15.4. The molecule has 132 valence electrons. The van der Waals surface area contributed by atoms with Crippen molar-refractivity contribution in [2.45, 2.75) is 38.6 Å². The fourth-order valence-corrected chi connectivity index (χ4v) is 4.40. The normalized spacial score (nSPS) is 21.4. The zero-order valence-electron chi connectivity index (χ0n) is 14.7. The minimum absolute atomic E-state index is 0.0987. The van der Waals surface area contributed by atoms with Gasteiger partial charge < -0.3 is 9.80 Å². The first-order chi connectivity index (χ1) is 12.1. The molecule has 25 heavy (non-hydrogen) atoms. The van der Waals surface area contributed by atoms with Crippen molar-refractivity contribution < 1.29 is 4.79 Å². The van der Waals surface area contributed by atoms with Crippen LogP contribution in [0.5, 0.6) is 0 Å². The fraction of sp³-hybridized carbons (Fsp3) is 0.500. The molecule has 0 N–H and O–H groups in total. The van der Waals surface area contributed by atoms with Crippen LogP contribution in [0.2, 0.25) is 5.15 Å². The van der Waals surface area contributed by atoms with Crippen molar-refractivity contribution >= 4 is 28.4 Å². The molecule has 2 aliphatic rings. The summed E-state index contributed by atoms with van der Waals surface area (Å²) in [5.41, 5.74) is 2.60. The van der Waals surface area contributed by atoms with Gasteiger partial charge in [0.1, 0.15) is 5.15 Å². The highest BCUT2D eigenvalue weighted by Gasteiger charge is 2.32. The van der Waals surface area contributed by atoms with Crippen LogP contribution in [-0.4, -0.2) is 52.9 Å². The van der Waals surface area contributed by atoms with Crippen LogP contribution < -0.4 is 0 Å². The number of aromatic nitrogens is 1. The minimum Gasteiger partial charge on any atom is -0.334 e. The number of halogens is 1. The Labute approximate surface area is 153 Å². The fourth-order valence-electron chi connectivity index (χ4n) is 4.20. The second-order valence-electron chi connectivity index (χ2n) is 7.32. The highest BCUT2D eigenvalue weighted by Crippen LogP contribution is 2.27. The Morgan fingerprint density at radius 1 is 1.20 bits per heavy atom. The van der Waals surface area contributed by atoms with Gasteiger partial charge in [-0.25, -0.2) is 4.98 Å². The summed E-state index contributed by atoms with van der Waals surface area (Å²) in [4.78, 5) is 22.3. The Hall–Kier alpha value is -1.65. The molecule has 1 aromatic heterocycles. The molecule has 2 aliphatic heterocycles. The number of pyridine rings is 1. The molecule has 0 unspecified atom stereocenters. The summed E-state index contributed by atoms with van der Waals surface area (Å²) in [7, 11) is 0. The zero-order chi connectivity index (χ0) is 17.4. The van der Waals surface area contributed by atoms with Gasteiger partial charge in [-0.05, 0) is 63.9 Å². The van der Waals surface area contributed by atoms with Crippen LogP contribution in [0.1, 0.15) is 41.6 Å². The SMILES string of the molecule is Cc1ccc2nc(Cl)cc(C(=O)N3CCC[C@H]3CN3CCCC3)c2c1.